The quantitative estimate of drug-likeness (QED) is 0.839. The molecule has 2 aliphatic rings. The van der Waals surface area contributed by atoms with Gasteiger partial charge in [0.1, 0.15) is 5.60 Å². The summed E-state index contributed by atoms with van der Waals surface area (Å²) in [6.45, 7) is 5.78. The van der Waals surface area contributed by atoms with Gasteiger partial charge in [-0.25, -0.2) is 0 Å². The molecule has 0 saturated heterocycles. The molecule has 4 nitrogen and oxygen atoms in total. The normalized spacial score (nSPS) is 29.1. The summed E-state index contributed by atoms with van der Waals surface area (Å²) in [4.78, 5) is 23.4. The van der Waals surface area contributed by atoms with Gasteiger partial charge in [-0.2, -0.15) is 0 Å². The van der Waals surface area contributed by atoms with E-state index in [1.807, 2.05) is 45.0 Å². The lowest BCUT2D eigenvalue weighted by Gasteiger charge is -2.29. The number of amides is 1. The third-order valence-electron chi connectivity index (χ3n) is 5.59. The summed E-state index contributed by atoms with van der Waals surface area (Å²) in [6.07, 6.45) is 5.65. The lowest BCUT2D eigenvalue weighted by molar-refractivity contribution is -0.157. The van der Waals surface area contributed by atoms with Crippen LogP contribution in [0.5, 0.6) is 0 Å². The number of nitrogens with two attached hydrogens (primary N) is 1. The van der Waals surface area contributed by atoms with E-state index in [0.29, 0.717) is 23.3 Å². The lowest BCUT2D eigenvalue weighted by Crippen LogP contribution is -2.26. The van der Waals surface area contributed by atoms with Crippen molar-refractivity contribution < 1.29 is 14.3 Å². The van der Waals surface area contributed by atoms with E-state index in [0.717, 1.165) is 19.3 Å². The Hall–Kier alpha value is -1.84. The third-order valence-corrected chi connectivity index (χ3v) is 5.59. The number of esters is 1. The maximum atomic E-state index is 12.2. The van der Waals surface area contributed by atoms with E-state index in [4.69, 9.17) is 10.5 Å². The lowest BCUT2D eigenvalue weighted by atomic mass is 9.76. The second-order valence-corrected chi connectivity index (χ2v) is 8.64. The fourth-order valence-electron chi connectivity index (χ4n) is 4.18. The molecule has 2 atom stereocenters. The number of benzene rings is 1. The highest BCUT2D eigenvalue weighted by Gasteiger charge is 2.49. The Labute approximate surface area is 150 Å². The van der Waals surface area contributed by atoms with Crippen molar-refractivity contribution in [2.75, 3.05) is 0 Å². The van der Waals surface area contributed by atoms with Crippen molar-refractivity contribution in [1.82, 2.24) is 0 Å². The van der Waals surface area contributed by atoms with Crippen LogP contribution in [-0.2, 0) is 9.53 Å². The predicted octanol–water partition coefficient (Wildman–Crippen LogP) is 4.04. The van der Waals surface area contributed by atoms with Gasteiger partial charge in [0.2, 0.25) is 5.91 Å². The zero-order valence-corrected chi connectivity index (χ0v) is 15.5. The van der Waals surface area contributed by atoms with Crippen molar-refractivity contribution in [2.24, 2.45) is 23.5 Å². The van der Waals surface area contributed by atoms with Gasteiger partial charge in [-0.15, -0.1) is 0 Å². The average Bonchev–Trinajstić information content (AvgIpc) is 3.34. The monoisotopic (exact) mass is 343 g/mol. The first-order valence-electron chi connectivity index (χ1n) is 9.37. The van der Waals surface area contributed by atoms with Crippen molar-refractivity contribution in [2.45, 2.75) is 64.4 Å². The fourth-order valence-corrected chi connectivity index (χ4v) is 4.18. The standard InChI is InChI=1S/C21H29NO3/c1-21(2,3)25-20(24)18-12-17(18)15-8-4-13(5-9-15)14-6-10-16(11-7-14)19(22)23/h6-7,10-11,13,15,17-18H,4-5,8-9,12H2,1-3H3,(H2,22,23)/t13?,15?,17-,18+/m0/s1. The number of primary amides is 1. The van der Waals surface area contributed by atoms with E-state index in [2.05, 4.69) is 0 Å². The molecule has 2 saturated carbocycles. The van der Waals surface area contributed by atoms with Crippen molar-refractivity contribution in [3.8, 4) is 0 Å². The first-order chi connectivity index (χ1) is 11.7. The SMILES string of the molecule is CC(C)(C)OC(=O)[C@@H]1C[C@H]1C1CCC(c2ccc(C(N)=O)cc2)CC1. The minimum atomic E-state index is -0.390. The van der Waals surface area contributed by atoms with Gasteiger partial charge in [-0.1, -0.05) is 12.1 Å². The van der Waals surface area contributed by atoms with Gasteiger partial charge in [0, 0.05) is 5.56 Å². The summed E-state index contributed by atoms with van der Waals surface area (Å²) in [7, 11) is 0. The van der Waals surface area contributed by atoms with Crippen LogP contribution in [0.3, 0.4) is 0 Å². The third kappa shape index (κ3) is 4.42. The van der Waals surface area contributed by atoms with Crippen molar-refractivity contribution >= 4 is 11.9 Å². The van der Waals surface area contributed by atoms with E-state index in [1.54, 1.807) is 0 Å². The molecule has 0 unspecified atom stereocenters. The highest BCUT2D eigenvalue weighted by molar-refractivity contribution is 5.92. The molecule has 0 aromatic heterocycles. The summed E-state index contributed by atoms with van der Waals surface area (Å²) in [6, 6.07) is 7.71. The molecule has 4 heteroatoms. The number of hydrogen-bond acceptors (Lipinski definition) is 3. The molecule has 1 amide bonds. The van der Waals surface area contributed by atoms with Crippen LogP contribution in [-0.4, -0.2) is 17.5 Å². The van der Waals surface area contributed by atoms with Crippen LogP contribution in [0.4, 0.5) is 0 Å². The molecule has 0 aliphatic heterocycles. The molecule has 0 radical (unpaired) electrons. The van der Waals surface area contributed by atoms with E-state index in [1.165, 1.54) is 18.4 Å². The van der Waals surface area contributed by atoms with Crippen LogP contribution in [0.25, 0.3) is 0 Å². The first kappa shape index (κ1) is 18.0. The van der Waals surface area contributed by atoms with Crippen LogP contribution < -0.4 is 5.73 Å². The summed E-state index contributed by atoms with van der Waals surface area (Å²) < 4.78 is 5.53. The number of carbonyl (C=O) groups excluding carboxylic acids is 2. The van der Waals surface area contributed by atoms with E-state index in [-0.39, 0.29) is 23.4 Å². The molecule has 2 N–H and O–H groups in total. The molecule has 25 heavy (non-hydrogen) atoms. The van der Waals surface area contributed by atoms with Gasteiger partial charge in [0.05, 0.1) is 5.92 Å². The molecule has 0 bridgehead atoms. The first-order valence-corrected chi connectivity index (χ1v) is 9.37. The Balaban J connectivity index is 1.50. The Bertz CT molecular complexity index is 636. The molecule has 2 fully saturated rings. The summed E-state index contributed by atoms with van der Waals surface area (Å²) in [5.74, 6) is 1.46. The van der Waals surface area contributed by atoms with Crippen LogP contribution in [0.2, 0.25) is 0 Å². The Morgan fingerprint density at radius 3 is 2.16 bits per heavy atom. The molecule has 0 heterocycles. The van der Waals surface area contributed by atoms with Gasteiger partial charge in [0.25, 0.3) is 0 Å². The predicted molar refractivity (Wildman–Crippen MR) is 97.1 cm³/mol. The number of carbonyl (C=O) groups is 2. The molecular formula is C21H29NO3. The number of rotatable bonds is 4. The highest BCUT2D eigenvalue weighted by Crippen LogP contribution is 2.52. The van der Waals surface area contributed by atoms with Gasteiger partial charge < -0.3 is 10.5 Å². The van der Waals surface area contributed by atoms with Gasteiger partial charge in [-0.3, -0.25) is 9.59 Å². The molecule has 1 aromatic carbocycles. The molecule has 0 spiro atoms. The van der Waals surface area contributed by atoms with Crippen LogP contribution in [0.15, 0.2) is 24.3 Å². The minimum Gasteiger partial charge on any atom is -0.460 e. The number of hydrogen-bond donors (Lipinski definition) is 1. The molecule has 1 aromatic rings. The maximum Gasteiger partial charge on any atom is 0.309 e. The summed E-state index contributed by atoms with van der Waals surface area (Å²) in [5, 5.41) is 0. The zero-order valence-electron chi connectivity index (χ0n) is 15.5. The van der Waals surface area contributed by atoms with Crippen molar-refractivity contribution in [3.63, 3.8) is 0 Å². The van der Waals surface area contributed by atoms with E-state index < -0.39 is 0 Å². The maximum absolute atomic E-state index is 12.2. The Morgan fingerprint density at radius 1 is 1.04 bits per heavy atom. The highest BCUT2D eigenvalue weighted by atomic mass is 16.6. The topological polar surface area (TPSA) is 69.4 Å². The fraction of sp³-hybridized carbons (Fsp3) is 0.619. The molecule has 2 aliphatic carbocycles. The van der Waals surface area contributed by atoms with E-state index in [9.17, 15) is 9.59 Å². The smallest absolute Gasteiger partial charge is 0.309 e. The van der Waals surface area contributed by atoms with Crippen LogP contribution in [0, 0.1) is 17.8 Å². The number of ether oxygens (including phenoxy) is 1. The Kier molecular flexibility index (Phi) is 4.90. The van der Waals surface area contributed by atoms with E-state index >= 15 is 0 Å². The van der Waals surface area contributed by atoms with Crippen molar-refractivity contribution in [3.05, 3.63) is 35.4 Å². The molecular weight excluding hydrogens is 314 g/mol. The zero-order chi connectivity index (χ0) is 18.2. The largest absolute Gasteiger partial charge is 0.460 e. The van der Waals surface area contributed by atoms with Gasteiger partial charge in [0.15, 0.2) is 0 Å². The van der Waals surface area contributed by atoms with Gasteiger partial charge in [-0.05, 0) is 88.3 Å². The summed E-state index contributed by atoms with van der Waals surface area (Å²) >= 11 is 0. The average molecular weight is 343 g/mol. The van der Waals surface area contributed by atoms with Gasteiger partial charge >= 0.3 is 5.97 Å². The van der Waals surface area contributed by atoms with Crippen LogP contribution in [0.1, 0.15) is 74.7 Å². The second-order valence-electron chi connectivity index (χ2n) is 8.64. The molecule has 136 valence electrons. The van der Waals surface area contributed by atoms with Crippen molar-refractivity contribution in [1.29, 1.82) is 0 Å². The minimum absolute atomic E-state index is 0.0123. The second kappa shape index (κ2) is 6.81. The van der Waals surface area contributed by atoms with Crippen LogP contribution >= 0.6 is 0 Å². The molecule has 3 rings (SSSR count). The summed E-state index contributed by atoms with van der Waals surface area (Å²) in [5.41, 5.74) is 6.77. The Morgan fingerprint density at radius 2 is 1.64 bits per heavy atom.